The summed E-state index contributed by atoms with van der Waals surface area (Å²) in [5, 5.41) is 4.02. The Kier molecular flexibility index (Phi) is 5.24. The van der Waals surface area contributed by atoms with Gasteiger partial charge in [-0.05, 0) is 47.0 Å². The van der Waals surface area contributed by atoms with Crippen molar-refractivity contribution in [1.82, 2.24) is 15.2 Å². The summed E-state index contributed by atoms with van der Waals surface area (Å²) >= 11 is 0.868. The molecule has 32 heavy (non-hydrogen) atoms. The number of benzene rings is 2. The molecule has 3 heterocycles. The van der Waals surface area contributed by atoms with Crippen molar-refractivity contribution >= 4 is 45.7 Å². The van der Waals surface area contributed by atoms with Gasteiger partial charge in [0, 0.05) is 24.7 Å². The fraction of sp³-hybridized carbons (Fsp3) is 0.130. The topological polar surface area (TPSA) is 97.8 Å². The molecule has 0 unspecified atom stereocenters. The Hall–Kier alpha value is -3.85. The van der Waals surface area contributed by atoms with Crippen LogP contribution in [0, 0.1) is 0 Å². The maximum absolute atomic E-state index is 12.7. The first-order valence-corrected chi connectivity index (χ1v) is 10.7. The summed E-state index contributed by atoms with van der Waals surface area (Å²) < 4.78 is 10.6. The zero-order chi connectivity index (χ0) is 22.1. The molecule has 0 aliphatic carbocycles. The van der Waals surface area contributed by atoms with Crippen molar-refractivity contribution in [3.8, 4) is 11.5 Å². The van der Waals surface area contributed by atoms with Gasteiger partial charge in [-0.3, -0.25) is 24.3 Å². The highest BCUT2D eigenvalue weighted by atomic mass is 32.2. The number of ether oxygens (including phenoxy) is 2. The van der Waals surface area contributed by atoms with Gasteiger partial charge in [0.1, 0.15) is 5.69 Å². The summed E-state index contributed by atoms with van der Waals surface area (Å²) in [7, 11) is 0. The van der Waals surface area contributed by atoms with Crippen molar-refractivity contribution in [2.24, 2.45) is 0 Å². The summed E-state index contributed by atoms with van der Waals surface area (Å²) in [5.41, 5.74) is 1.04. The lowest BCUT2D eigenvalue weighted by atomic mass is 10.1. The van der Waals surface area contributed by atoms with Gasteiger partial charge in [0.05, 0.1) is 4.91 Å². The quantitative estimate of drug-likeness (QED) is 0.599. The van der Waals surface area contributed by atoms with Crippen molar-refractivity contribution in [2.45, 2.75) is 0 Å². The highest BCUT2D eigenvalue weighted by Crippen LogP contribution is 2.36. The van der Waals surface area contributed by atoms with Gasteiger partial charge in [0.2, 0.25) is 6.79 Å². The average molecular weight is 447 g/mol. The van der Waals surface area contributed by atoms with Crippen LogP contribution in [0.1, 0.15) is 16.1 Å². The van der Waals surface area contributed by atoms with Crippen LogP contribution in [-0.4, -0.2) is 46.8 Å². The van der Waals surface area contributed by atoms with Gasteiger partial charge in [0.15, 0.2) is 11.5 Å². The number of rotatable bonds is 5. The number of fused-ring (bicyclic) bond motifs is 2. The number of nitrogens with one attached hydrogen (secondary N) is 1. The minimum Gasteiger partial charge on any atom is -0.454 e. The Morgan fingerprint density at radius 2 is 1.97 bits per heavy atom. The molecule has 0 saturated carbocycles. The van der Waals surface area contributed by atoms with E-state index >= 15 is 0 Å². The number of nitrogens with zero attached hydrogens (tertiary/aromatic N) is 2. The first kappa shape index (κ1) is 20.1. The van der Waals surface area contributed by atoms with E-state index in [9.17, 15) is 14.4 Å². The molecule has 2 aliphatic rings. The average Bonchev–Trinajstić information content (AvgIpc) is 3.38. The molecule has 0 atom stereocenters. The summed E-state index contributed by atoms with van der Waals surface area (Å²) in [6, 6.07) is 14.6. The molecule has 3 aromatic rings. The van der Waals surface area contributed by atoms with Crippen molar-refractivity contribution in [3.05, 3.63) is 70.9 Å². The second kappa shape index (κ2) is 8.35. The molecule has 5 rings (SSSR count). The Morgan fingerprint density at radius 1 is 1.12 bits per heavy atom. The van der Waals surface area contributed by atoms with Crippen LogP contribution in [0.4, 0.5) is 4.79 Å². The van der Waals surface area contributed by atoms with E-state index in [1.54, 1.807) is 30.5 Å². The Bertz CT molecular complexity index is 1280. The van der Waals surface area contributed by atoms with Crippen molar-refractivity contribution in [1.29, 1.82) is 0 Å². The number of thioether (sulfide) groups is 1. The second-order valence-corrected chi connectivity index (χ2v) is 8.08. The number of aromatic nitrogens is 1. The Balaban J connectivity index is 1.24. The van der Waals surface area contributed by atoms with Crippen LogP contribution in [0.15, 0.2) is 59.6 Å². The molecular weight excluding hydrogens is 430 g/mol. The first-order chi connectivity index (χ1) is 15.6. The molecule has 3 amide bonds. The molecule has 1 saturated heterocycles. The molecule has 2 aliphatic heterocycles. The van der Waals surface area contributed by atoms with E-state index in [2.05, 4.69) is 10.3 Å². The zero-order valence-electron chi connectivity index (χ0n) is 16.7. The molecule has 1 aromatic heterocycles. The summed E-state index contributed by atoms with van der Waals surface area (Å²) in [6.07, 6.45) is 3.22. The highest BCUT2D eigenvalue weighted by Gasteiger charge is 2.34. The molecule has 8 nitrogen and oxygen atoms in total. The van der Waals surface area contributed by atoms with E-state index in [1.165, 1.54) is 0 Å². The van der Waals surface area contributed by atoms with Gasteiger partial charge < -0.3 is 14.8 Å². The molecule has 2 aromatic carbocycles. The predicted octanol–water partition coefficient (Wildman–Crippen LogP) is 3.43. The van der Waals surface area contributed by atoms with Crippen LogP contribution in [-0.2, 0) is 4.79 Å². The largest absolute Gasteiger partial charge is 0.454 e. The molecule has 1 fully saturated rings. The van der Waals surface area contributed by atoms with Crippen molar-refractivity contribution in [3.63, 3.8) is 0 Å². The maximum atomic E-state index is 12.7. The van der Waals surface area contributed by atoms with Gasteiger partial charge in [-0.15, -0.1) is 0 Å². The second-order valence-electron chi connectivity index (χ2n) is 7.08. The number of carbonyl (C=O) groups excluding carboxylic acids is 3. The molecule has 160 valence electrons. The molecular formula is C23H17N3O5S. The summed E-state index contributed by atoms with van der Waals surface area (Å²) in [5.74, 6) is 0.495. The van der Waals surface area contributed by atoms with Gasteiger partial charge in [-0.2, -0.15) is 0 Å². The third-order valence-corrected chi connectivity index (χ3v) is 5.99. The minimum atomic E-state index is -0.393. The fourth-order valence-electron chi connectivity index (χ4n) is 3.51. The number of hydrogen-bond donors (Lipinski definition) is 1. The van der Waals surface area contributed by atoms with Crippen molar-refractivity contribution in [2.75, 3.05) is 19.9 Å². The molecule has 0 bridgehead atoms. The third-order valence-electron chi connectivity index (χ3n) is 5.08. The van der Waals surface area contributed by atoms with Gasteiger partial charge in [-0.1, -0.05) is 30.3 Å². The molecule has 1 N–H and O–H groups in total. The number of hydrogen-bond acceptors (Lipinski definition) is 7. The van der Waals surface area contributed by atoms with Crippen LogP contribution in [0.25, 0.3) is 16.8 Å². The van der Waals surface area contributed by atoms with E-state index in [-0.39, 0.29) is 31.0 Å². The van der Waals surface area contributed by atoms with Crippen LogP contribution < -0.4 is 14.8 Å². The van der Waals surface area contributed by atoms with Gasteiger partial charge in [-0.25, -0.2) is 0 Å². The number of imide groups is 1. The minimum absolute atomic E-state index is 0.0691. The fourth-order valence-corrected chi connectivity index (χ4v) is 4.38. The summed E-state index contributed by atoms with van der Waals surface area (Å²) in [6.45, 7) is 0.355. The summed E-state index contributed by atoms with van der Waals surface area (Å²) in [4.78, 5) is 43.3. The van der Waals surface area contributed by atoms with Crippen molar-refractivity contribution < 1.29 is 23.9 Å². The van der Waals surface area contributed by atoms with E-state index in [4.69, 9.17) is 9.47 Å². The smallest absolute Gasteiger partial charge is 0.293 e. The molecule has 0 radical (unpaired) electrons. The van der Waals surface area contributed by atoms with E-state index in [1.807, 2.05) is 30.3 Å². The number of amides is 3. The standard InChI is InChI=1S/C23H17N3O5S/c27-21(20-16-4-2-1-3-15(16)7-8-24-20)25-9-10-26-22(28)19(32-23(26)29)12-14-5-6-17-18(11-14)31-13-30-17/h1-8,11-12H,9-10,13H2,(H,25,27)/b19-12+. The zero-order valence-corrected chi connectivity index (χ0v) is 17.6. The highest BCUT2D eigenvalue weighted by molar-refractivity contribution is 8.18. The van der Waals surface area contributed by atoms with Crippen LogP contribution >= 0.6 is 11.8 Å². The van der Waals surface area contributed by atoms with Gasteiger partial charge >= 0.3 is 0 Å². The molecule has 0 spiro atoms. The molecule has 9 heteroatoms. The van der Waals surface area contributed by atoms with E-state index in [0.717, 1.165) is 33.0 Å². The predicted molar refractivity (Wildman–Crippen MR) is 119 cm³/mol. The lowest BCUT2D eigenvalue weighted by Crippen LogP contribution is -2.37. The van der Waals surface area contributed by atoms with Crippen LogP contribution in [0.2, 0.25) is 0 Å². The SMILES string of the molecule is O=C(NCCN1C(=O)S/C(=C/c2ccc3c(c2)OCO3)C1=O)c1nccc2ccccc12. The van der Waals surface area contributed by atoms with E-state index < -0.39 is 5.91 Å². The lowest BCUT2D eigenvalue weighted by Gasteiger charge is -2.13. The third kappa shape index (κ3) is 3.78. The lowest BCUT2D eigenvalue weighted by molar-refractivity contribution is -0.122. The number of carbonyl (C=O) groups is 3. The van der Waals surface area contributed by atoms with E-state index in [0.29, 0.717) is 22.1 Å². The maximum Gasteiger partial charge on any atom is 0.293 e. The van der Waals surface area contributed by atoms with Crippen LogP contribution in [0.3, 0.4) is 0 Å². The normalized spacial score (nSPS) is 16.2. The Labute approximate surface area is 187 Å². The van der Waals surface area contributed by atoms with Gasteiger partial charge in [0.25, 0.3) is 17.1 Å². The van der Waals surface area contributed by atoms with Crippen LogP contribution in [0.5, 0.6) is 11.5 Å². The monoisotopic (exact) mass is 447 g/mol. The Morgan fingerprint density at radius 3 is 2.88 bits per heavy atom. The first-order valence-electron chi connectivity index (χ1n) is 9.87. The number of pyridine rings is 1.